The van der Waals surface area contributed by atoms with E-state index in [1.165, 1.54) is 24.2 Å². The predicted octanol–water partition coefficient (Wildman–Crippen LogP) is 3.76. The van der Waals surface area contributed by atoms with Crippen molar-refractivity contribution in [2.24, 2.45) is 0 Å². The van der Waals surface area contributed by atoms with Gasteiger partial charge in [-0.25, -0.2) is 23.9 Å². The van der Waals surface area contributed by atoms with Gasteiger partial charge in [0, 0.05) is 19.7 Å². The zero-order valence-electron chi connectivity index (χ0n) is 20.8. The molecule has 182 valence electrons. The molecule has 32 heavy (non-hydrogen) atoms. The van der Waals surface area contributed by atoms with Crippen molar-refractivity contribution in [3.63, 3.8) is 0 Å². The largest absolute Gasteiger partial charge is 0.461 e. The Hall–Kier alpha value is -2.62. The molecular weight excluding hydrogens is 418 g/mol. The number of aromatic nitrogens is 2. The lowest BCUT2D eigenvalue weighted by Crippen LogP contribution is -2.59. The Labute approximate surface area is 190 Å². The molecule has 1 atom stereocenters. The first-order chi connectivity index (χ1) is 14.5. The quantitative estimate of drug-likeness (QED) is 0.347. The van der Waals surface area contributed by atoms with Crippen LogP contribution in [0.5, 0.6) is 0 Å². The van der Waals surface area contributed by atoms with Crippen molar-refractivity contribution in [3.8, 4) is 0 Å². The number of hydrogen-bond donors (Lipinski definition) is 0. The molecule has 0 radical (unpaired) electrons. The van der Waals surface area contributed by atoms with Crippen molar-refractivity contribution in [2.45, 2.75) is 91.6 Å². The number of ether oxygens (including phenoxy) is 4. The molecule has 0 aliphatic rings. The summed E-state index contributed by atoms with van der Waals surface area (Å²) >= 11 is 0. The minimum atomic E-state index is -1.52. The Morgan fingerprint density at radius 2 is 1.59 bits per heavy atom. The maximum absolute atomic E-state index is 13.1. The van der Waals surface area contributed by atoms with Crippen molar-refractivity contribution < 1.29 is 33.3 Å². The summed E-state index contributed by atoms with van der Waals surface area (Å²) in [6.07, 6.45) is 0.944. The standard InChI is InChI=1S/C22H37N3O7/c1-15(2)30-17(26)22(9,25(14-29-10)19(28)32-21(6,7)8)11-16-12-24(13-23-16)18(27)31-20(3,4)5/h12-13,15H,11,14H2,1-10H3/t22-/m0/s1. The Balaban J connectivity index is 3.32. The van der Waals surface area contributed by atoms with E-state index in [0.29, 0.717) is 5.69 Å². The second-order valence-corrected chi connectivity index (χ2v) is 9.98. The molecule has 1 heterocycles. The highest BCUT2D eigenvalue weighted by atomic mass is 16.6. The van der Waals surface area contributed by atoms with Crippen LogP contribution < -0.4 is 0 Å². The van der Waals surface area contributed by atoms with E-state index in [-0.39, 0.29) is 13.2 Å². The minimum absolute atomic E-state index is 0.0447. The summed E-state index contributed by atoms with van der Waals surface area (Å²) < 4.78 is 22.6. The van der Waals surface area contributed by atoms with Crippen LogP contribution in [-0.4, -0.2) is 69.3 Å². The van der Waals surface area contributed by atoms with Crippen molar-refractivity contribution in [2.75, 3.05) is 13.8 Å². The lowest BCUT2D eigenvalue weighted by molar-refractivity contribution is -0.164. The van der Waals surface area contributed by atoms with Gasteiger partial charge in [-0.3, -0.25) is 4.90 Å². The normalized spacial score (nSPS) is 14.0. The maximum atomic E-state index is 13.1. The first kappa shape index (κ1) is 27.4. The number of carbonyl (C=O) groups excluding carboxylic acids is 3. The number of hydrogen-bond acceptors (Lipinski definition) is 8. The summed E-state index contributed by atoms with van der Waals surface area (Å²) in [7, 11) is 1.41. The monoisotopic (exact) mass is 455 g/mol. The number of imidazole rings is 1. The molecule has 10 nitrogen and oxygen atoms in total. The van der Waals surface area contributed by atoms with Crippen LogP contribution in [-0.2, 0) is 30.2 Å². The number of rotatable bonds is 7. The Morgan fingerprint density at radius 3 is 2.06 bits per heavy atom. The molecule has 0 N–H and O–H groups in total. The molecule has 10 heteroatoms. The van der Waals surface area contributed by atoms with E-state index in [4.69, 9.17) is 18.9 Å². The van der Waals surface area contributed by atoms with E-state index < -0.39 is 41.0 Å². The molecule has 0 spiro atoms. The summed E-state index contributed by atoms with van der Waals surface area (Å²) in [4.78, 5) is 43.8. The average molecular weight is 456 g/mol. The number of esters is 1. The van der Waals surface area contributed by atoms with Crippen molar-refractivity contribution >= 4 is 18.2 Å². The van der Waals surface area contributed by atoms with Crippen LogP contribution in [0.2, 0.25) is 0 Å². The van der Waals surface area contributed by atoms with E-state index in [2.05, 4.69) is 4.98 Å². The third-order valence-electron chi connectivity index (χ3n) is 4.02. The third kappa shape index (κ3) is 8.14. The fourth-order valence-electron chi connectivity index (χ4n) is 2.68. The zero-order valence-corrected chi connectivity index (χ0v) is 20.8. The van der Waals surface area contributed by atoms with Gasteiger partial charge in [0.25, 0.3) is 0 Å². The fourth-order valence-corrected chi connectivity index (χ4v) is 2.68. The number of methoxy groups -OCH3 is 1. The maximum Gasteiger partial charge on any atom is 0.419 e. The summed E-state index contributed by atoms with van der Waals surface area (Å²) in [6.45, 7) is 15.2. The van der Waals surface area contributed by atoms with Gasteiger partial charge in [-0.05, 0) is 62.3 Å². The smallest absolute Gasteiger partial charge is 0.419 e. The second-order valence-electron chi connectivity index (χ2n) is 9.98. The molecule has 0 saturated carbocycles. The van der Waals surface area contributed by atoms with Gasteiger partial charge >= 0.3 is 18.2 Å². The van der Waals surface area contributed by atoms with E-state index >= 15 is 0 Å². The Bertz CT molecular complexity index is 805. The highest BCUT2D eigenvalue weighted by Gasteiger charge is 2.46. The molecule has 0 fully saturated rings. The fraction of sp³-hybridized carbons (Fsp3) is 0.727. The summed E-state index contributed by atoms with van der Waals surface area (Å²) in [6, 6.07) is 0. The van der Waals surface area contributed by atoms with Gasteiger partial charge in [-0.15, -0.1) is 0 Å². The molecule has 0 aliphatic carbocycles. The molecule has 1 aromatic heterocycles. The average Bonchev–Trinajstić information content (AvgIpc) is 3.04. The molecule has 1 aromatic rings. The molecule has 0 unspecified atom stereocenters. The highest BCUT2D eigenvalue weighted by molar-refractivity contribution is 5.86. The third-order valence-corrected chi connectivity index (χ3v) is 4.02. The molecule has 0 aliphatic heterocycles. The second kappa shape index (κ2) is 10.3. The lowest BCUT2D eigenvalue weighted by Gasteiger charge is -2.39. The zero-order chi connectivity index (χ0) is 24.9. The molecule has 0 aromatic carbocycles. The first-order valence-electron chi connectivity index (χ1n) is 10.5. The van der Waals surface area contributed by atoms with Gasteiger partial charge in [0.1, 0.15) is 29.8 Å². The van der Waals surface area contributed by atoms with Crippen LogP contribution in [0.25, 0.3) is 0 Å². The van der Waals surface area contributed by atoms with Gasteiger partial charge < -0.3 is 18.9 Å². The topological polar surface area (TPSA) is 109 Å². The molecule has 1 rings (SSSR count). The van der Waals surface area contributed by atoms with Crippen LogP contribution in [0.3, 0.4) is 0 Å². The number of nitrogens with zero attached hydrogens (tertiary/aromatic N) is 3. The minimum Gasteiger partial charge on any atom is -0.461 e. The van der Waals surface area contributed by atoms with Crippen molar-refractivity contribution in [1.29, 1.82) is 0 Å². The van der Waals surface area contributed by atoms with Gasteiger partial charge in [-0.1, -0.05) is 0 Å². The van der Waals surface area contributed by atoms with Crippen LogP contribution in [0.4, 0.5) is 9.59 Å². The van der Waals surface area contributed by atoms with E-state index in [9.17, 15) is 14.4 Å². The summed E-state index contributed by atoms with van der Waals surface area (Å²) in [5, 5.41) is 0. The van der Waals surface area contributed by atoms with Crippen LogP contribution in [0.15, 0.2) is 12.5 Å². The van der Waals surface area contributed by atoms with Crippen LogP contribution in [0, 0.1) is 0 Å². The molecular formula is C22H37N3O7. The van der Waals surface area contributed by atoms with Crippen LogP contribution in [0.1, 0.15) is 68.0 Å². The molecule has 0 saturated heterocycles. The van der Waals surface area contributed by atoms with Gasteiger partial charge in [-0.2, -0.15) is 0 Å². The first-order valence-corrected chi connectivity index (χ1v) is 10.5. The van der Waals surface area contributed by atoms with Gasteiger partial charge in [0.15, 0.2) is 0 Å². The summed E-state index contributed by atoms with van der Waals surface area (Å²) in [5.41, 5.74) is -2.60. The Kier molecular flexibility index (Phi) is 8.85. The number of carbonyl (C=O) groups is 3. The Morgan fingerprint density at radius 1 is 1.03 bits per heavy atom. The SMILES string of the molecule is COCN(C(=O)OC(C)(C)C)[C@@](C)(Cc1cn(C(=O)OC(C)(C)C)cn1)C(=O)OC(C)C. The molecule has 0 bridgehead atoms. The highest BCUT2D eigenvalue weighted by Crippen LogP contribution is 2.26. The number of amides is 1. The summed E-state index contributed by atoms with van der Waals surface area (Å²) in [5.74, 6) is -0.651. The predicted molar refractivity (Wildman–Crippen MR) is 117 cm³/mol. The van der Waals surface area contributed by atoms with Gasteiger partial charge in [0.2, 0.25) is 0 Å². The van der Waals surface area contributed by atoms with E-state index in [1.54, 1.807) is 62.3 Å². The van der Waals surface area contributed by atoms with Crippen molar-refractivity contribution in [3.05, 3.63) is 18.2 Å². The van der Waals surface area contributed by atoms with Crippen molar-refractivity contribution in [1.82, 2.24) is 14.5 Å². The van der Waals surface area contributed by atoms with E-state index in [0.717, 1.165) is 4.90 Å². The molecule has 1 amide bonds. The van der Waals surface area contributed by atoms with E-state index in [1.807, 2.05) is 0 Å². The van der Waals surface area contributed by atoms with Gasteiger partial charge in [0.05, 0.1) is 11.8 Å². The lowest BCUT2D eigenvalue weighted by atomic mass is 9.94. The van der Waals surface area contributed by atoms with Crippen LogP contribution >= 0.6 is 0 Å².